The van der Waals surface area contributed by atoms with Crippen molar-refractivity contribution in [3.05, 3.63) is 35.6 Å². The standard InChI is InChI=1S/C15H17ClN4O3S/c16-12-8-18-7-10-2-1-3-13(15(10)12)24(22,23)20-5-4-11(9-20)19-14(21)6-17/h1-3,7-8,11H,4-6,9,17H2,(H,19,21)/t11-/m1/s1. The molecule has 3 N–H and O–H groups in total. The first-order valence-corrected chi connectivity index (χ1v) is 9.27. The maximum absolute atomic E-state index is 13.0. The molecule has 1 aromatic heterocycles. The van der Waals surface area contributed by atoms with Gasteiger partial charge in [0.2, 0.25) is 15.9 Å². The van der Waals surface area contributed by atoms with Crippen LogP contribution in [0.25, 0.3) is 10.8 Å². The van der Waals surface area contributed by atoms with Crippen LogP contribution in [0.3, 0.4) is 0 Å². The molecule has 0 spiro atoms. The number of sulfonamides is 1. The molecule has 0 saturated carbocycles. The molecule has 1 saturated heterocycles. The largest absolute Gasteiger partial charge is 0.351 e. The number of pyridine rings is 1. The lowest BCUT2D eigenvalue weighted by molar-refractivity contribution is -0.120. The molecule has 0 aliphatic carbocycles. The van der Waals surface area contributed by atoms with E-state index in [1.165, 1.54) is 16.6 Å². The number of rotatable bonds is 4. The molecule has 9 heteroatoms. The Labute approximate surface area is 144 Å². The lowest BCUT2D eigenvalue weighted by Gasteiger charge is -2.18. The Balaban J connectivity index is 1.94. The van der Waals surface area contributed by atoms with Gasteiger partial charge in [-0.25, -0.2) is 8.42 Å². The smallest absolute Gasteiger partial charge is 0.243 e. The molecule has 2 aromatic rings. The van der Waals surface area contributed by atoms with Crippen LogP contribution < -0.4 is 11.1 Å². The zero-order chi connectivity index (χ0) is 17.3. The van der Waals surface area contributed by atoms with Crippen molar-refractivity contribution < 1.29 is 13.2 Å². The Morgan fingerprint density at radius 1 is 1.42 bits per heavy atom. The van der Waals surface area contributed by atoms with Crippen molar-refractivity contribution in [1.82, 2.24) is 14.6 Å². The molecule has 1 aliphatic heterocycles. The number of aromatic nitrogens is 1. The molecule has 24 heavy (non-hydrogen) atoms. The summed E-state index contributed by atoms with van der Waals surface area (Å²) >= 11 is 6.17. The molecule has 1 aromatic carbocycles. The van der Waals surface area contributed by atoms with E-state index in [1.54, 1.807) is 18.3 Å². The number of hydrogen-bond donors (Lipinski definition) is 2. The zero-order valence-corrected chi connectivity index (χ0v) is 14.3. The number of fused-ring (bicyclic) bond motifs is 1. The Kier molecular flexibility index (Phi) is 4.73. The number of nitrogens with one attached hydrogen (secondary N) is 1. The van der Waals surface area contributed by atoms with Gasteiger partial charge >= 0.3 is 0 Å². The summed E-state index contributed by atoms with van der Waals surface area (Å²) in [5.41, 5.74) is 5.28. The Bertz CT molecular complexity index is 882. The number of nitrogens with zero attached hydrogens (tertiary/aromatic N) is 2. The lowest BCUT2D eigenvalue weighted by atomic mass is 10.2. The average molecular weight is 369 g/mol. The van der Waals surface area contributed by atoms with Gasteiger partial charge in [-0.2, -0.15) is 4.31 Å². The molecule has 1 fully saturated rings. The first-order valence-electron chi connectivity index (χ1n) is 7.45. The predicted octanol–water partition coefficient (Wildman–Crippen LogP) is 0.726. The quantitative estimate of drug-likeness (QED) is 0.827. The number of nitrogens with two attached hydrogens (primary N) is 1. The van der Waals surface area contributed by atoms with E-state index < -0.39 is 10.0 Å². The molecular weight excluding hydrogens is 352 g/mol. The molecule has 1 amide bonds. The van der Waals surface area contributed by atoms with Crippen molar-refractivity contribution in [2.24, 2.45) is 5.73 Å². The maximum atomic E-state index is 13.0. The molecule has 7 nitrogen and oxygen atoms in total. The Morgan fingerprint density at radius 3 is 2.96 bits per heavy atom. The highest BCUT2D eigenvalue weighted by Gasteiger charge is 2.34. The van der Waals surface area contributed by atoms with Crippen molar-refractivity contribution in [2.45, 2.75) is 17.4 Å². The van der Waals surface area contributed by atoms with E-state index in [0.29, 0.717) is 28.8 Å². The van der Waals surface area contributed by atoms with Gasteiger partial charge in [-0.1, -0.05) is 23.7 Å². The van der Waals surface area contributed by atoms with Gasteiger partial charge in [-0.3, -0.25) is 9.78 Å². The molecule has 0 unspecified atom stereocenters. The molecule has 0 radical (unpaired) electrons. The van der Waals surface area contributed by atoms with Gasteiger partial charge in [0.25, 0.3) is 0 Å². The van der Waals surface area contributed by atoms with Crippen LogP contribution in [0, 0.1) is 0 Å². The first kappa shape index (κ1) is 17.1. The van der Waals surface area contributed by atoms with Gasteiger partial charge in [0.15, 0.2) is 0 Å². The monoisotopic (exact) mass is 368 g/mol. The van der Waals surface area contributed by atoms with Crippen molar-refractivity contribution >= 4 is 38.3 Å². The lowest BCUT2D eigenvalue weighted by Crippen LogP contribution is -2.41. The third-order valence-electron chi connectivity index (χ3n) is 4.02. The minimum Gasteiger partial charge on any atom is -0.351 e. The van der Waals surface area contributed by atoms with Crippen LogP contribution in [0.15, 0.2) is 35.5 Å². The third kappa shape index (κ3) is 3.10. The van der Waals surface area contributed by atoms with Gasteiger partial charge in [0, 0.05) is 42.3 Å². The van der Waals surface area contributed by atoms with Crippen molar-refractivity contribution in [3.63, 3.8) is 0 Å². The minimum atomic E-state index is -3.72. The van der Waals surface area contributed by atoms with Crippen LogP contribution in [-0.2, 0) is 14.8 Å². The van der Waals surface area contributed by atoms with E-state index in [2.05, 4.69) is 10.3 Å². The van der Waals surface area contributed by atoms with Crippen LogP contribution in [0.4, 0.5) is 0 Å². The Morgan fingerprint density at radius 2 is 2.21 bits per heavy atom. The summed E-state index contributed by atoms with van der Waals surface area (Å²) < 4.78 is 27.4. The topological polar surface area (TPSA) is 105 Å². The summed E-state index contributed by atoms with van der Waals surface area (Å²) in [6, 6.07) is 4.73. The highest BCUT2D eigenvalue weighted by molar-refractivity contribution is 7.89. The van der Waals surface area contributed by atoms with Gasteiger partial charge < -0.3 is 11.1 Å². The van der Waals surface area contributed by atoms with Gasteiger partial charge in [0.1, 0.15) is 0 Å². The fraction of sp³-hybridized carbons (Fsp3) is 0.333. The van der Waals surface area contributed by atoms with E-state index in [9.17, 15) is 13.2 Å². The van der Waals surface area contributed by atoms with Crippen molar-refractivity contribution in [1.29, 1.82) is 0 Å². The summed E-state index contributed by atoms with van der Waals surface area (Å²) in [6.07, 6.45) is 3.55. The van der Waals surface area contributed by atoms with E-state index >= 15 is 0 Å². The number of carbonyl (C=O) groups is 1. The summed E-state index contributed by atoms with van der Waals surface area (Å²) in [5.74, 6) is -0.293. The third-order valence-corrected chi connectivity index (χ3v) is 6.21. The van der Waals surface area contributed by atoms with Gasteiger partial charge in [-0.15, -0.1) is 0 Å². The molecule has 2 heterocycles. The van der Waals surface area contributed by atoms with Crippen LogP contribution >= 0.6 is 11.6 Å². The SMILES string of the molecule is NCC(=O)N[C@@H]1CCN(S(=O)(=O)c2cccc3cncc(Cl)c23)C1. The number of halogens is 1. The first-order chi connectivity index (χ1) is 11.4. The predicted molar refractivity (Wildman–Crippen MR) is 91.1 cm³/mol. The van der Waals surface area contributed by atoms with Crippen molar-refractivity contribution in [2.75, 3.05) is 19.6 Å². The van der Waals surface area contributed by atoms with E-state index in [-0.39, 0.29) is 29.9 Å². The van der Waals surface area contributed by atoms with Gasteiger partial charge in [0.05, 0.1) is 16.5 Å². The fourth-order valence-corrected chi connectivity index (χ4v) is 4.92. The second-order valence-electron chi connectivity index (χ2n) is 5.60. The fourth-order valence-electron chi connectivity index (χ4n) is 2.86. The maximum Gasteiger partial charge on any atom is 0.243 e. The second-order valence-corrected chi connectivity index (χ2v) is 7.91. The number of amides is 1. The van der Waals surface area contributed by atoms with E-state index in [1.807, 2.05) is 0 Å². The normalized spacial score (nSPS) is 18.8. The van der Waals surface area contributed by atoms with Crippen LogP contribution in [-0.4, -0.2) is 49.3 Å². The molecule has 1 atom stereocenters. The van der Waals surface area contributed by atoms with E-state index in [0.717, 1.165) is 0 Å². The minimum absolute atomic E-state index is 0.116. The summed E-state index contributed by atoms with van der Waals surface area (Å²) in [6.45, 7) is 0.430. The van der Waals surface area contributed by atoms with Crippen molar-refractivity contribution in [3.8, 4) is 0 Å². The summed E-state index contributed by atoms with van der Waals surface area (Å²) in [7, 11) is -3.72. The molecule has 3 rings (SSSR count). The van der Waals surface area contributed by atoms with Crippen LogP contribution in [0.5, 0.6) is 0 Å². The molecule has 0 bridgehead atoms. The molecule has 1 aliphatic rings. The second kappa shape index (κ2) is 6.64. The summed E-state index contributed by atoms with van der Waals surface area (Å²) in [5, 5.41) is 4.14. The molecular formula is C15H17ClN4O3S. The molecule has 128 valence electrons. The highest BCUT2D eigenvalue weighted by atomic mass is 35.5. The van der Waals surface area contributed by atoms with Gasteiger partial charge in [-0.05, 0) is 12.5 Å². The summed E-state index contributed by atoms with van der Waals surface area (Å²) in [4.78, 5) is 15.5. The number of hydrogen-bond acceptors (Lipinski definition) is 5. The highest BCUT2D eigenvalue weighted by Crippen LogP contribution is 2.31. The number of benzene rings is 1. The van der Waals surface area contributed by atoms with Crippen LogP contribution in [0.1, 0.15) is 6.42 Å². The average Bonchev–Trinajstić information content (AvgIpc) is 3.03. The van der Waals surface area contributed by atoms with Crippen LogP contribution in [0.2, 0.25) is 5.02 Å². The number of carbonyl (C=O) groups excluding carboxylic acids is 1. The van der Waals surface area contributed by atoms with E-state index in [4.69, 9.17) is 17.3 Å². The zero-order valence-electron chi connectivity index (χ0n) is 12.8. The Hall–Kier alpha value is -1.74.